The Labute approximate surface area is 144 Å². The molecule has 0 radical (unpaired) electrons. The second-order valence-corrected chi connectivity index (χ2v) is 5.55. The predicted molar refractivity (Wildman–Crippen MR) is 89.5 cm³/mol. The molecule has 0 fully saturated rings. The van der Waals surface area contributed by atoms with Crippen LogP contribution in [0.5, 0.6) is 5.75 Å². The quantitative estimate of drug-likeness (QED) is 0.799. The number of alkyl halides is 3. The summed E-state index contributed by atoms with van der Waals surface area (Å²) in [7, 11) is 0. The molecule has 2 N–H and O–H groups in total. The molecule has 0 aliphatic rings. The summed E-state index contributed by atoms with van der Waals surface area (Å²) in [6.45, 7) is 1.04. The first-order valence-corrected chi connectivity index (χ1v) is 7.67. The molecule has 134 valence electrons. The van der Waals surface area contributed by atoms with Crippen molar-refractivity contribution in [1.29, 1.82) is 0 Å². The third-order valence-corrected chi connectivity index (χ3v) is 3.26. The van der Waals surface area contributed by atoms with Gasteiger partial charge in [0.2, 0.25) is 5.91 Å². The van der Waals surface area contributed by atoms with Gasteiger partial charge in [-0.15, -0.1) is 0 Å². The van der Waals surface area contributed by atoms with Gasteiger partial charge >= 0.3 is 6.18 Å². The molecule has 7 heteroatoms. The molecule has 0 spiro atoms. The number of hydrogen-bond donors (Lipinski definition) is 2. The average molecular weight is 352 g/mol. The van der Waals surface area contributed by atoms with E-state index in [1.165, 1.54) is 12.1 Å². The molecular formula is C18H19F3N2O2. The SMILES string of the molecule is Cc1cccc(CNC(=O)CNc2cccc(OCC(F)(F)F)c2)c1. The van der Waals surface area contributed by atoms with Gasteiger partial charge in [0.15, 0.2) is 6.61 Å². The van der Waals surface area contributed by atoms with Crippen LogP contribution >= 0.6 is 0 Å². The smallest absolute Gasteiger partial charge is 0.422 e. The normalized spacial score (nSPS) is 11.0. The van der Waals surface area contributed by atoms with E-state index >= 15 is 0 Å². The van der Waals surface area contributed by atoms with Gasteiger partial charge in [-0.25, -0.2) is 0 Å². The summed E-state index contributed by atoms with van der Waals surface area (Å²) >= 11 is 0. The van der Waals surface area contributed by atoms with Gasteiger partial charge in [-0.1, -0.05) is 35.9 Å². The Bertz CT molecular complexity index is 717. The molecule has 0 saturated heterocycles. The number of carbonyl (C=O) groups is 1. The fraction of sp³-hybridized carbons (Fsp3) is 0.278. The van der Waals surface area contributed by atoms with Crippen LogP contribution in [0.1, 0.15) is 11.1 Å². The van der Waals surface area contributed by atoms with Gasteiger partial charge in [-0.2, -0.15) is 13.2 Å². The number of carbonyl (C=O) groups excluding carboxylic acids is 1. The molecular weight excluding hydrogens is 333 g/mol. The van der Waals surface area contributed by atoms with Crippen LogP contribution in [0.2, 0.25) is 0 Å². The monoisotopic (exact) mass is 352 g/mol. The number of halogens is 3. The minimum atomic E-state index is -4.39. The van der Waals surface area contributed by atoms with E-state index in [2.05, 4.69) is 15.4 Å². The van der Waals surface area contributed by atoms with E-state index in [1.807, 2.05) is 31.2 Å². The number of benzene rings is 2. The second-order valence-electron chi connectivity index (χ2n) is 5.55. The lowest BCUT2D eigenvalue weighted by Crippen LogP contribution is -2.29. The highest BCUT2D eigenvalue weighted by Crippen LogP contribution is 2.21. The fourth-order valence-electron chi connectivity index (χ4n) is 2.13. The number of rotatable bonds is 7. The summed E-state index contributed by atoms with van der Waals surface area (Å²) < 4.78 is 41.1. The van der Waals surface area contributed by atoms with Crippen molar-refractivity contribution in [2.75, 3.05) is 18.5 Å². The van der Waals surface area contributed by atoms with Crippen molar-refractivity contribution in [3.63, 3.8) is 0 Å². The highest BCUT2D eigenvalue weighted by atomic mass is 19.4. The third-order valence-electron chi connectivity index (χ3n) is 3.26. The van der Waals surface area contributed by atoms with E-state index in [9.17, 15) is 18.0 Å². The molecule has 0 unspecified atom stereocenters. The van der Waals surface area contributed by atoms with Gasteiger partial charge in [-0.3, -0.25) is 4.79 Å². The Hall–Kier alpha value is -2.70. The molecule has 0 atom stereocenters. The van der Waals surface area contributed by atoms with Gasteiger partial charge in [0.25, 0.3) is 0 Å². The molecule has 0 aliphatic heterocycles. The van der Waals surface area contributed by atoms with Crippen LogP contribution in [0.3, 0.4) is 0 Å². The van der Waals surface area contributed by atoms with Gasteiger partial charge in [0.1, 0.15) is 5.75 Å². The van der Waals surface area contributed by atoms with Crippen LogP contribution in [0.4, 0.5) is 18.9 Å². The first-order valence-electron chi connectivity index (χ1n) is 7.67. The third kappa shape index (κ3) is 7.15. The predicted octanol–water partition coefficient (Wildman–Crippen LogP) is 3.66. The standard InChI is InChI=1S/C18H19F3N2O2/c1-13-4-2-5-14(8-13)10-23-17(24)11-22-15-6-3-7-16(9-15)25-12-18(19,20)21/h2-9,22H,10-12H2,1H3,(H,23,24). The van der Waals surface area contributed by atoms with E-state index in [4.69, 9.17) is 0 Å². The number of hydrogen-bond acceptors (Lipinski definition) is 3. The Morgan fingerprint density at radius 1 is 1.12 bits per heavy atom. The number of ether oxygens (including phenoxy) is 1. The summed E-state index contributed by atoms with van der Waals surface area (Å²) in [6.07, 6.45) is -4.39. The maximum Gasteiger partial charge on any atom is 0.422 e. The lowest BCUT2D eigenvalue weighted by atomic mass is 10.1. The van der Waals surface area contributed by atoms with E-state index in [0.29, 0.717) is 12.2 Å². The van der Waals surface area contributed by atoms with Crippen molar-refractivity contribution in [2.24, 2.45) is 0 Å². The molecule has 25 heavy (non-hydrogen) atoms. The minimum Gasteiger partial charge on any atom is -0.484 e. The second kappa shape index (κ2) is 8.41. The van der Waals surface area contributed by atoms with E-state index in [1.54, 1.807) is 12.1 Å². The van der Waals surface area contributed by atoms with Gasteiger partial charge in [0.05, 0.1) is 6.54 Å². The zero-order valence-electron chi connectivity index (χ0n) is 13.7. The summed E-state index contributed by atoms with van der Waals surface area (Å²) in [5, 5.41) is 5.63. The van der Waals surface area contributed by atoms with Crippen LogP contribution < -0.4 is 15.4 Å². The van der Waals surface area contributed by atoms with Crippen LogP contribution in [0, 0.1) is 6.92 Å². The van der Waals surface area contributed by atoms with Crippen molar-refractivity contribution < 1.29 is 22.7 Å². The summed E-state index contributed by atoms with van der Waals surface area (Å²) in [6, 6.07) is 13.8. The maximum atomic E-state index is 12.2. The largest absolute Gasteiger partial charge is 0.484 e. The van der Waals surface area contributed by atoms with Crippen LogP contribution in [0.15, 0.2) is 48.5 Å². The highest BCUT2D eigenvalue weighted by molar-refractivity contribution is 5.80. The van der Waals surface area contributed by atoms with E-state index in [0.717, 1.165) is 11.1 Å². The average Bonchev–Trinajstić information content (AvgIpc) is 2.56. The summed E-state index contributed by atoms with van der Waals surface area (Å²) in [4.78, 5) is 11.9. The minimum absolute atomic E-state index is 0.00847. The molecule has 2 aromatic rings. The number of aryl methyl sites for hydroxylation is 1. The zero-order chi connectivity index (χ0) is 18.3. The van der Waals surface area contributed by atoms with Gasteiger partial charge < -0.3 is 15.4 Å². The first-order chi connectivity index (χ1) is 11.8. The Kier molecular flexibility index (Phi) is 6.27. The van der Waals surface area contributed by atoms with Crippen LogP contribution in [-0.2, 0) is 11.3 Å². The summed E-state index contributed by atoms with van der Waals surface area (Å²) in [5.74, 6) is -0.134. The zero-order valence-corrected chi connectivity index (χ0v) is 13.7. The molecule has 0 heterocycles. The maximum absolute atomic E-state index is 12.2. The lowest BCUT2D eigenvalue weighted by Gasteiger charge is -2.11. The van der Waals surface area contributed by atoms with Crippen molar-refractivity contribution >= 4 is 11.6 Å². The molecule has 0 aromatic heterocycles. The number of nitrogens with one attached hydrogen (secondary N) is 2. The number of amides is 1. The van der Waals surface area contributed by atoms with Crippen LogP contribution in [0.25, 0.3) is 0 Å². The molecule has 2 rings (SSSR count). The molecule has 0 aliphatic carbocycles. The van der Waals surface area contributed by atoms with Crippen molar-refractivity contribution in [1.82, 2.24) is 5.32 Å². The number of anilines is 1. The van der Waals surface area contributed by atoms with Crippen molar-refractivity contribution in [3.8, 4) is 5.75 Å². The summed E-state index contributed by atoms with van der Waals surface area (Å²) in [5.41, 5.74) is 2.61. The molecule has 0 bridgehead atoms. The molecule has 1 amide bonds. The molecule has 4 nitrogen and oxygen atoms in total. The van der Waals surface area contributed by atoms with Gasteiger partial charge in [0, 0.05) is 18.3 Å². The van der Waals surface area contributed by atoms with Crippen molar-refractivity contribution in [2.45, 2.75) is 19.6 Å². The van der Waals surface area contributed by atoms with E-state index < -0.39 is 12.8 Å². The molecule has 0 saturated carbocycles. The van der Waals surface area contributed by atoms with E-state index in [-0.39, 0.29) is 18.2 Å². The topological polar surface area (TPSA) is 50.4 Å². The Morgan fingerprint density at radius 2 is 1.88 bits per heavy atom. The first kappa shape index (κ1) is 18.6. The lowest BCUT2D eigenvalue weighted by molar-refractivity contribution is -0.153. The Balaban J connectivity index is 1.79. The fourth-order valence-corrected chi connectivity index (χ4v) is 2.13. The van der Waals surface area contributed by atoms with Crippen molar-refractivity contribution in [3.05, 3.63) is 59.7 Å². The van der Waals surface area contributed by atoms with Crippen LogP contribution in [-0.4, -0.2) is 25.2 Å². The van der Waals surface area contributed by atoms with Gasteiger partial charge in [-0.05, 0) is 24.6 Å². The molecule has 2 aromatic carbocycles. The Morgan fingerprint density at radius 3 is 2.60 bits per heavy atom. The highest BCUT2D eigenvalue weighted by Gasteiger charge is 2.28.